The van der Waals surface area contributed by atoms with E-state index < -0.39 is 0 Å². The Hall–Kier alpha value is -2.51. The van der Waals surface area contributed by atoms with Gasteiger partial charge in [0.2, 0.25) is 5.95 Å². The van der Waals surface area contributed by atoms with Crippen LogP contribution in [0.3, 0.4) is 0 Å². The van der Waals surface area contributed by atoms with Crippen LogP contribution in [0, 0.1) is 13.8 Å². The molecule has 0 atom stereocenters. The lowest BCUT2D eigenvalue weighted by atomic mass is 10.4. The molecule has 8 nitrogen and oxygen atoms in total. The van der Waals surface area contributed by atoms with E-state index in [4.69, 9.17) is 0 Å². The Morgan fingerprint density at radius 1 is 1.26 bits per heavy atom. The van der Waals surface area contributed by atoms with E-state index in [1.165, 1.54) is 0 Å². The number of anilines is 1. The number of aryl methyl sites for hydroxylation is 2. The first-order valence-electron chi connectivity index (χ1n) is 6.04. The SMILES string of the molecule is CCNc1nc(-n2nc(C)nc2C)c2cn[nH]c2n1. The summed E-state index contributed by atoms with van der Waals surface area (Å²) < 4.78 is 1.70. The topological polar surface area (TPSA) is 97.2 Å². The second-order valence-corrected chi connectivity index (χ2v) is 4.15. The van der Waals surface area contributed by atoms with Gasteiger partial charge in [-0.25, -0.2) is 4.98 Å². The van der Waals surface area contributed by atoms with Crippen LogP contribution < -0.4 is 5.32 Å². The quantitative estimate of drug-likeness (QED) is 0.727. The molecule has 3 heterocycles. The van der Waals surface area contributed by atoms with Crippen LogP contribution in [-0.4, -0.2) is 41.5 Å². The fourth-order valence-corrected chi connectivity index (χ4v) is 1.94. The summed E-state index contributed by atoms with van der Waals surface area (Å²) in [5.74, 6) is 2.70. The van der Waals surface area contributed by atoms with Crippen LogP contribution in [0.25, 0.3) is 16.9 Å². The first-order chi connectivity index (χ1) is 9.19. The zero-order valence-corrected chi connectivity index (χ0v) is 11.0. The number of hydrogen-bond donors (Lipinski definition) is 2. The van der Waals surface area contributed by atoms with Crippen molar-refractivity contribution in [2.24, 2.45) is 0 Å². The van der Waals surface area contributed by atoms with E-state index >= 15 is 0 Å². The van der Waals surface area contributed by atoms with E-state index in [1.54, 1.807) is 10.9 Å². The van der Waals surface area contributed by atoms with Crippen LogP contribution in [0.1, 0.15) is 18.6 Å². The molecule has 3 rings (SSSR count). The van der Waals surface area contributed by atoms with Crippen molar-refractivity contribution in [3.05, 3.63) is 17.8 Å². The molecule has 0 aliphatic heterocycles. The highest BCUT2D eigenvalue weighted by Crippen LogP contribution is 2.19. The first kappa shape index (κ1) is 11.6. The molecule has 8 heteroatoms. The zero-order valence-electron chi connectivity index (χ0n) is 11.0. The van der Waals surface area contributed by atoms with Gasteiger partial charge in [-0.05, 0) is 20.8 Å². The van der Waals surface area contributed by atoms with Gasteiger partial charge in [-0.3, -0.25) is 5.10 Å². The Kier molecular flexibility index (Phi) is 2.62. The fraction of sp³-hybridized carbons (Fsp3) is 0.364. The lowest BCUT2D eigenvalue weighted by molar-refractivity contribution is 0.808. The van der Waals surface area contributed by atoms with Crippen molar-refractivity contribution < 1.29 is 0 Å². The van der Waals surface area contributed by atoms with E-state index in [9.17, 15) is 0 Å². The van der Waals surface area contributed by atoms with Crippen molar-refractivity contribution >= 4 is 17.0 Å². The Morgan fingerprint density at radius 3 is 2.79 bits per heavy atom. The highest BCUT2D eigenvalue weighted by molar-refractivity contribution is 5.82. The summed E-state index contributed by atoms with van der Waals surface area (Å²) in [4.78, 5) is 13.1. The predicted molar refractivity (Wildman–Crippen MR) is 70.2 cm³/mol. The number of rotatable bonds is 3. The minimum absolute atomic E-state index is 0.543. The molecule has 2 N–H and O–H groups in total. The van der Waals surface area contributed by atoms with Gasteiger partial charge in [0.1, 0.15) is 11.6 Å². The molecule has 98 valence electrons. The lowest BCUT2D eigenvalue weighted by Gasteiger charge is -2.06. The first-order valence-corrected chi connectivity index (χ1v) is 6.04. The summed E-state index contributed by atoms with van der Waals surface area (Å²) in [6.07, 6.45) is 1.69. The van der Waals surface area contributed by atoms with E-state index in [0.717, 1.165) is 17.8 Å². The fourth-order valence-electron chi connectivity index (χ4n) is 1.94. The Labute approximate surface area is 109 Å². The second kappa shape index (κ2) is 4.30. The maximum absolute atomic E-state index is 4.49. The number of aromatic nitrogens is 7. The van der Waals surface area contributed by atoms with Crippen molar-refractivity contribution in [1.29, 1.82) is 0 Å². The average Bonchev–Trinajstić information content (AvgIpc) is 2.95. The maximum Gasteiger partial charge on any atom is 0.226 e. The van der Waals surface area contributed by atoms with Gasteiger partial charge in [-0.15, -0.1) is 5.10 Å². The standard InChI is InChI=1S/C11H14N8/c1-4-12-11-15-9-8(5-13-17-9)10(16-11)19-7(3)14-6(2)18-19/h5H,4H2,1-3H3,(H2,12,13,15,16,17). The van der Waals surface area contributed by atoms with Gasteiger partial charge < -0.3 is 5.32 Å². The van der Waals surface area contributed by atoms with Crippen LogP contribution in [-0.2, 0) is 0 Å². The zero-order chi connectivity index (χ0) is 13.4. The van der Waals surface area contributed by atoms with Gasteiger partial charge in [-0.1, -0.05) is 0 Å². The number of hydrogen-bond acceptors (Lipinski definition) is 6. The van der Waals surface area contributed by atoms with Crippen molar-refractivity contribution in [3.63, 3.8) is 0 Å². The molecule has 0 aromatic carbocycles. The number of fused-ring (bicyclic) bond motifs is 1. The van der Waals surface area contributed by atoms with Crippen LogP contribution in [0.4, 0.5) is 5.95 Å². The largest absolute Gasteiger partial charge is 0.354 e. The van der Waals surface area contributed by atoms with E-state index in [-0.39, 0.29) is 0 Å². The molecule has 0 spiro atoms. The summed E-state index contributed by atoms with van der Waals surface area (Å²) in [6.45, 7) is 6.48. The van der Waals surface area contributed by atoms with Crippen molar-refractivity contribution in [1.82, 2.24) is 34.9 Å². The smallest absolute Gasteiger partial charge is 0.226 e. The molecule has 0 unspecified atom stereocenters. The third-order valence-corrected chi connectivity index (χ3v) is 2.70. The summed E-state index contributed by atoms with van der Waals surface area (Å²) in [5.41, 5.74) is 0.675. The van der Waals surface area contributed by atoms with E-state index in [2.05, 4.69) is 35.6 Å². The summed E-state index contributed by atoms with van der Waals surface area (Å²) in [6, 6.07) is 0. The Bertz CT molecular complexity index is 725. The summed E-state index contributed by atoms with van der Waals surface area (Å²) >= 11 is 0. The van der Waals surface area contributed by atoms with Crippen LogP contribution in [0.2, 0.25) is 0 Å². The van der Waals surface area contributed by atoms with Gasteiger partial charge in [0, 0.05) is 6.54 Å². The third kappa shape index (κ3) is 1.90. The highest BCUT2D eigenvalue weighted by atomic mass is 15.4. The van der Waals surface area contributed by atoms with Crippen molar-refractivity contribution in [2.75, 3.05) is 11.9 Å². The molecular weight excluding hydrogens is 244 g/mol. The lowest BCUT2D eigenvalue weighted by Crippen LogP contribution is -2.08. The molecule has 0 amide bonds. The molecule has 3 aromatic heterocycles. The van der Waals surface area contributed by atoms with E-state index in [1.807, 2.05) is 20.8 Å². The summed E-state index contributed by atoms with van der Waals surface area (Å²) in [5, 5.41) is 15.1. The molecule has 3 aromatic rings. The third-order valence-electron chi connectivity index (χ3n) is 2.70. The van der Waals surface area contributed by atoms with Gasteiger partial charge in [0.15, 0.2) is 11.5 Å². The Morgan fingerprint density at radius 2 is 2.11 bits per heavy atom. The normalized spacial score (nSPS) is 11.1. The molecule has 0 aliphatic rings. The highest BCUT2D eigenvalue weighted by Gasteiger charge is 2.14. The van der Waals surface area contributed by atoms with Crippen molar-refractivity contribution in [3.8, 4) is 5.82 Å². The van der Waals surface area contributed by atoms with Crippen LogP contribution >= 0.6 is 0 Å². The number of H-pyrrole nitrogens is 1. The van der Waals surface area contributed by atoms with Gasteiger partial charge in [0.05, 0.1) is 11.6 Å². The average molecular weight is 258 g/mol. The van der Waals surface area contributed by atoms with Gasteiger partial charge in [-0.2, -0.15) is 19.7 Å². The van der Waals surface area contributed by atoms with Crippen molar-refractivity contribution in [2.45, 2.75) is 20.8 Å². The second-order valence-electron chi connectivity index (χ2n) is 4.15. The van der Waals surface area contributed by atoms with Crippen LogP contribution in [0.5, 0.6) is 0 Å². The molecule has 0 saturated heterocycles. The minimum Gasteiger partial charge on any atom is -0.354 e. The molecule has 19 heavy (non-hydrogen) atoms. The predicted octanol–water partition coefficient (Wildman–Crippen LogP) is 0.982. The monoisotopic (exact) mass is 258 g/mol. The molecule has 0 saturated carbocycles. The number of nitrogens with one attached hydrogen (secondary N) is 2. The number of nitrogens with zero attached hydrogens (tertiary/aromatic N) is 6. The van der Waals surface area contributed by atoms with Gasteiger partial charge >= 0.3 is 0 Å². The minimum atomic E-state index is 0.543. The molecular formula is C11H14N8. The van der Waals surface area contributed by atoms with Gasteiger partial charge in [0.25, 0.3) is 0 Å². The molecule has 0 aliphatic carbocycles. The molecule has 0 radical (unpaired) electrons. The molecule has 0 bridgehead atoms. The number of aromatic amines is 1. The Balaban J connectivity index is 2.26. The van der Waals surface area contributed by atoms with Crippen LogP contribution in [0.15, 0.2) is 6.20 Å². The summed E-state index contributed by atoms with van der Waals surface area (Å²) in [7, 11) is 0. The van der Waals surface area contributed by atoms with E-state index in [0.29, 0.717) is 23.2 Å². The molecule has 0 fully saturated rings. The maximum atomic E-state index is 4.49.